The molecule has 0 aliphatic rings. The van der Waals surface area contributed by atoms with E-state index in [1.54, 1.807) is 18.2 Å². The zero-order chi connectivity index (χ0) is 20.4. The number of aliphatic carboxylic acids is 1. The van der Waals surface area contributed by atoms with Gasteiger partial charge in [0, 0.05) is 11.8 Å². The zero-order valence-electron chi connectivity index (χ0n) is 14.6. The molecule has 10 heteroatoms. The van der Waals surface area contributed by atoms with E-state index >= 15 is 0 Å². The molecule has 2 amide bonds. The summed E-state index contributed by atoms with van der Waals surface area (Å²) in [6.45, 7) is 3.42. The van der Waals surface area contributed by atoms with Crippen molar-refractivity contribution in [2.45, 2.75) is 24.9 Å². The van der Waals surface area contributed by atoms with Crippen molar-refractivity contribution in [3.63, 3.8) is 0 Å². The number of carboxylic acid groups (broad SMARTS) is 1. The molecule has 0 saturated heterocycles. The average molecular weight is 397 g/mol. The molecule has 0 aliphatic carbocycles. The van der Waals surface area contributed by atoms with Gasteiger partial charge in [0.2, 0.25) is 11.8 Å². The van der Waals surface area contributed by atoms with Crippen LogP contribution < -0.4 is 16.4 Å². The second-order valence-corrected chi connectivity index (χ2v) is 7.69. The van der Waals surface area contributed by atoms with Crippen molar-refractivity contribution >= 4 is 27.6 Å². The highest BCUT2D eigenvalue weighted by Gasteiger charge is 2.30. The first-order valence-electron chi connectivity index (χ1n) is 8.13. The number of carbonyl (C=O) groups is 3. The third-order valence-electron chi connectivity index (χ3n) is 3.58. The Morgan fingerprint density at radius 3 is 2.33 bits per heavy atom. The number of sulfone groups is 1. The van der Waals surface area contributed by atoms with Gasteiger partial charge in [-0.3, -0.25) is 9.59 Å². The maximum atomic E-state index is 12.5. The van der Waals surface area contributed by atoms with E-state index in [2.05, 4.69) is 17.2 Å². The predicted molar refractivity (Wildman–Crippen MR) is 99.2 cm³/mol. The molecule has 0 aliphatic heterocycles. The predicted octanol–water partition coefficient (Wildman–Crippen LogP) is -0.289. The molecule has 1 aromatic rings. The minimum Gasteiger partial charge on any atom is -0.479 e. The summed E-state index contributed by atoms with van der Waals surface area (Å²) in [4.78, 5) is 35.9. The van der Waals surface area contributed by atoms with Gasteiger partial charge in [-0.2, -0.15) is 0 Å². The van der Waals surface area contributed by atoms with Gasteiger partial charge in [-0.1, -0.05) is 36.9 Å². The van der Waals surface area contributed by atoms with Crippen LogP contribution in [0.1, 0.15) is 24.4 Å². The van der Waals surface area contributed by atoms with Crippen molar-refractivity contribution in [3.8, 4) is 0 Å². The summed E-state index contributed by atoms with van der Waals surface area (Å²) in [5.41, 5.74) is 5.62. The van der Waals surface area contributed by atoms with Gasteiger partial charge in [0.05, 0.1) is 5.75 Å². The zero-order valence-corrected chi connectivity index (χ0v) is 15.4. The van der Waals surface area contributed by atoms with Crippen LogP contribution in [0.25, 0.3) is 0 Å². The molecular formula is C17H23N3O6S. The molecule has 0 saturated carbocycles. The molecule has 1 rings (SSSR count). The second-order valence-electron chi connectivity index (χ2n) is 5.70. The molecule has 0 heterocycles. The minimum atomic E-state index is -3.83. The molecule has 9 nitrogen and oxygen atoms in total. The van der Waals surface area contributed by atoms with Crippen LogP contribution in [-0.2, 0) is 24.2 Å². The number of carboxylic acids is 1. The number of nitrogens with one attached hydrogen (secondary N) is 2. The fraction of sp³-hybridized carbons (Fsp3) is 0.353. The molecule has 27 heavy (non-hydrogen) atoms. The summed E-state index contributed by atoms with van der Waals surface area (Å²) in [5.74, 6) is -3.56. The Bertz CT molecular complexity index is 779. The molecule has 0 radical (unpaired) electrons. The molecule has 5 N–H and O–H groups in total. The molecular weight excluding hydrogens is 374 g/mol. The number of carbonyl (C=O) groups excluding carboxylic acids is 2. The largest absolute Gasteiger partial charge is 0.479 e. The van der Waals surface area contributed by atoms with Crippen molar-refractivity contribution in [2.24, 2.45) is 5.73 Å². The summed E-state index contributed by atoms with van der Waals surface area (Å²) >= 11 is 0. The SMILES string of the molecule is C=CS(=O)(=O)CC(NC(=O)CCCN)C(=O)N[C@@H](C(=O)O)c1ccccc1. The molecule has 1 unspecified atom stereocenters. The standard InChI is InChI=1S/C17H23N3O6S/c1-2-27(25,26)11-13(19-14(21)9-6-10-18)16(22)20-15(17(23)24)12-7-4-3-5-8-12/h2-5,7-8,13,15H,1,6,9-11,18H2,(H,19,21)(H,20,22)(H,23,24)/t13?,15-/m1/s1. The molecule has 0 fully saturated rings. The molecule has 0 bridgehead atoms. The first kappa shape index (κ1) is 22.3. The summed E-state index contributed by atoms with van der Waals surface area (Å²) in [7, 11) is -3.83. The van der Waals surface area contributed by atoms with Crippen LogP contribution in [0.5, 0.6) is 0 Å². The van der Waals surface area contributed by atoms with E-state index in [-0.39, 0.29) is 13.0 Å². The van der Waals surface area contributed by atoms with Crippen molar-refractivity contribution in [1.29, 1.82) is 0 Å². The lowest BCUT2D eigenvalue weighted by molar-refractivity contribution is -0.142. The lowest BCUT2D eigenvalue weighted by atomic mass is 10.1. The van der Waals surface area contributed by atoms with Crippen molar-refractivity contribution < 1.29 is 27.9 Å². The van der Waals surface area contributed by atoms with Crippen LogP contribution in [0.15, 0.2) is 42.3 Å². The Hall–Kier alpha value is -2.72. The van der Waals surface area contributed by atoms with Crippen LogP contribution in [-0.4, -0.2) is 49.6 Å². The average Bonchev–Trinajstić information content (AvgIpc) is 2.64. The highest BCUT2D eigenvalue weighted by Crippen LogP contribution is 2.13. The second kappa shape index (κ2) is 10.4. The number of benzene rings is 1. The van der Waals surface area contributed by atoms with Gasteiger partial charge in [-0.15, -0.1) is 0 Å². The van der Waals surface area contributed by atoms with Crippen molar-refractivity contribution in [3.05, 3.63) is 47.9 Å². The topological polar surface area (TPSA) is 156 Å². The number of hydrogen-bond donors (Lipinski definition) is 4. The monoisotopic (exact) mass is 397 g/mol. The van der Waals surface area contributed by atoms with E-state index in [9.17, 15) is 27.9 Å². The van der Waals surface area contributed by atoms with Gasteiger partial charge in [0.15, 0.2) is 15.9 Å². The van der Waals surface area contributed by atoms with Crippen LogP contribution in [0.3, 0.4) is 0 Å². The summed E-state index contributed by atoms with van der Waals surface area (Å²) in [5, 5.41) is 14.6. The van der Waals surface area contributed by atoms with E-state index < -0.39 is 45.5 Å². The number of hydrogen-bond acceptors (Lipinski definition) is 6. The molecule has 2 atom stereocenters. The fourth-order valence-electron chi connectivity index (χ4n) is 2.19. The molecule has 0 aromatic heterocycles. The molecule has 0 spiro atoms. The van der Waals surface area contributed by atoms with E-state index in [1.165, 1.54) is 12.1 Å². The van der Waals surface area contributed by atoms with E-state index in [4.69, 9.17) is 5.73 Å². The van der Waals surface area contributed by atoms with Crippen molar-refractivity contribution in [1.82, 2.24) is 10.6 Å². The van der Waals surface area contributed by atoms with E-state index in [1.807, 2.05) is 0 Å². The third kappa shape index (κ3) is 7.59. The van der Waals surface area contributed by atoms with Gasteiger partial charge >= 0.3 is 5.97 Å². The van der Waals surface area contributed by atoms with Gasteiger partial charge in [-0.25, -0.2) is 13.2 Å². The molecule has 148 valence electrons. The van der Waals surface area contributed by atoms with Gasteiger partial charge < -0.3 is 21.5 Å². The maximum absolute atomic E-state index is 12.5. The number of amides is 2. The number of nitrogens with two attached hydrogens (primary N) is 1. The van der Waals surface area contributed by atoms with Crippen LogP contribution in [0.4, 0.5) is 0 Å². The lowest BCUT2D eigenvalue weighted by Crippen LogP contribution is -2.51. The first-order valence-corrected chi connectivity index (χ1v) is 9.84. The van der Waals surface area contributed by atoms with Gasteiger partial charge in [0.25, 0.3) is 0 Å². The Balaban J connectivity index is 3.01. The number of rotatable bonds is 11. The smallest absolute Gasteiger partial charge is 0.330 e. The summed E-state index contributed by atoms with van der Waals surface area (Å²) in [6, 6.07) is 5.04. The highest BCUT2D eigenvalue weighted by molar-refractivity contribution is 7.94. The van der Waals surface area contributed by atoms with Gasteiger partial charge in [0.1, 0.15) is 6.04 Å². The Morgan fingerprint density at radius 1 is 1.19 bits per heavy atom. The first-order chi connectivity index (χ1) is 12.7. The highest BCUT2D eigenvalue weighted by atomic mass is 32.2. The van der Waals surface area contributed by atoms with Gasteiger partial charge in [-0.05, 0) is 18.5 Å². The Kier molecular flexibility index (Phi) is 8.63. The third-order valence-corrected chi connectivity index (χ3v) is 4.88. The van der Waals surface area contributed by atoms with Crippen LogP contribution >= 0.6 is 0 Å². The summed E-state index contributed by atoms with van der Waals surface area (Å²) < 4.78 is 23.6. The minimum absolute atomic E-state index is 0.00939. The maximum Gasteiger partial charge on any atom is 0.330 e. The Morgan fingerprint density at radius 2 is 1.81 bits per heavy atom. The fourth-order valence-corrected chi connectivity index (χ4v) is 3.02. The van der Waals surface area contributed by atoms with E-state index in [0.717, 1.165) is 0 Å². The van der Waals surface area contributed by atoms with Crippen LogP contribution in [0.2, 0.25) is 0 Å². The van der Waals surface area contributed by atoms with E-state index in [0.29, 0.717) is 17.4 Å². The Labute approximate surface area is 157 Å². The van der Waals surface area contributed by atoms with Crippen molar-refractivity contribution in [2.75, 3.05) is 12.3 Å². The van der Waals surface area contributed by atoms with Crippen LogP contribution in [0, 0.1) is 0 Å². The quantitative estimate of drug-likeness (QED) is 0.400. The normalized spacial score (nSPS) is 13.2. The lowest BCUT2D eigenvalue weighted by Gasteiger charge is -2.21. The molecule has 1 aromatic carbocycles. The summed E-state index contributed by atoms with van der Waals surface area (Å²) in [6.07, 6.45) is 0.367.